The molecule has 0 saturated heterocycles. The fourth-order valence-electron chi connectivity index (χ4n) is 11.3. The van der Waals surface area contributed by atoms with Crippen molar-refractivity contribution in [1.29, 1.82) is 0 Å². The largest absolute Gasteiger partial charge is 0.481 e. The number of ether oxygens (including phenoxy) is 1. The Morgan fingerprint density at radius 1 is 0.917 bits per heavy atom. The standard InChI is InChI=1S/C33H50N2O/c1-19-10-11-22-14-16-32(7)24(27(22)20(19)2)12-13-26-31(6)18-23-28(34-21(3)35-29(23)36-9)30(4,5)25(31)15-17-33(26,32)8/h12,19-20,22,25-27H,10-11,13-18H2,1-9H3/t19-,20+,22+,25+,26-,27-,31+,32-,33-/m1/s1. The van der Waals surface area contributed by atoms with E-state index in [2.05, 4.69) is 54.5 Å². The van der Waals surface area contributed by atoms with Gasteiger partial charge in [0.2, 0.25) is 5.88 Å². The molecule has 0 unspecified atom stereocenters. The van der Waals surface area contributed by atoms with Crippen LogP contribution in [0.15, 0.2) is 11.6 Å². The van der Waals surface area contributed by atoms with Gasteiger partial charge in [-0.05, 0) is 104 Å². The number of rotatable bonds is 1. The Labute approximate surface area is 220 Å². The highest BCUT2D eigenvalue weighted by atomic mass is 16.5. The van der Waals surface area contributed by atoms with Crippen molar-refractivity contribution in [1.82, 2.24) is 9.97 Å². The summed E-state index contributed by atoms with van der Waals surface area (Å²) in [5.74, 6) is 6.41. The fourth-order valence-corrected chi connectivity index (χ4v) is 11.3. The topological polar surface area (TPSA) is 35.0 Å². The molecule has 36 heavy (non-hydrogen) atoms. The smallest absolute Gasteiger partial charge is 0.219 e. The molecule has 0 N–H and O–H groups in total. The first-order valence-corrected chi connectivity index (χ1v) is 15.0. The molecule has 198 valence electrons. The van der Waals surface area contributed by atoms with Crippen molar-refractivity contribution in [2.24, 2.45) is 51.8 Å². The molecule has 5 aliphatic rings. The summed E-state index contributed by atoms with van der Waals surface area (Å²) in [6.45, 7) is 20.1. The lowest BCUT2D eigenvalue weighted by Crippen LogP contribution is -2.63. The lowest BCUT2D eigenvalue weighted by molar-refractivity contribution is -0.154. The lowest BCUT2D eigenvalue weighted by atomic mass is 9.34. The number of allylic oxidation sites excluding steroid dienone is 2. The maximum atomic E-state index is 5.90. The Balaban J connectivity index is 1.47. The zero-order valence-electron chi connectivity index (χ0n) is 24.5. The molecule has 1 aromatic heterocycles. The lowest BCUT2D eigenvalue weighted by Gasteiger charge is -2.70. The number of hydrogen-bond acceptors (Lipinski definition) is 3. The number of methoxy groups -OCH3 is 1. The van der Waals surface area contributed by atoms with E-state index in [4.69, 9.17) is 14.7 Å². The number of nitrogens with zero attached hydrogens (tertiary/aromatic N) is 2. The SMILES string of the molecule is COc1nc(C)nc2c1C[C@]1(C)[C@H]3CC=C4[C@H]5[C@@H](CC[C@@H](C)[C@@H]5C)CC[C@@]4(C)[C@]3(C)CC[C@H]1C2(C)C. The summed E-state index contributed by atoms with van der Waals surface area (Å²) in [6, 6.07) is 0. The van der Waals surface area contributed by atoms with Gasteiger partial charge in [-0.25, -0.2) is 4.98 Å². The van der Waals surface area contributed by atoms with Gasteiger partial charge in [-0.1, -0.05) is 66.5 Å². The third kappa shape index (κ3) is 2.98. The molecule has 3 nitrogen and oxygen atoms in total. The summed E-state index contributed by atoms with van der Waals surface area (Å²) in [4.78, 5) is 9.81. The number of aromatic nitrogens is 2. The Kier molecular flexibility index (Phi) is 5.42. The van der Waals surface area contributed by atoms with Crippen LogP contribution < -0.4 is 4.74 Å². The highest BCUT2D eigenvalue weighted by Crippen LogP contribution is 2.74. The molecule has 0 amide bonds. The molecule has 0 aromatic carbocycles. The Bertz CT molecular complexity index is 1100. The minimum atomic E-state index is 0.0283. The number of fused-ring (bicyclic) bond motifs is 8. The van der Waals surface area contributed by atoms with Gasteiger partial charge in [-0.2, -0.15) is 4.98 Å². The van der Waals surface area contributed by atoms with Crippen LogP contribution in [-0.2, 0) is 11.8 Å². The van der Waals surface area contributed by atoms with Crippen LogP contribution in [0.5, 0.6) is 5.88 Å². The van der Waals surface area contributed by atoms with Gasteiger partial charge >= 0.3 is 0 Å². The molecule has 0 aliphatic heterocycles. The molecule has 3 fully saturated rings. The second-order valence-electron chi connectivity index (χ2n) is 15.0. The maximum Gasteiger partial charge on any atom is 0.219 e. The summed E-state index contributed by atoms with van der Waals surface area (Å²) in [5, 5.41) is 0. The molecule has 1 heterocycles. The minimum Gasteiger partial charge on any atom is -0.481 e. The van der Waals surface area contributed by atoms with Gasteiger partial charge in [0.05, 0.1) is 12.8 Å². The van der Waals surface area contributed by atoms with Crippen molar-refractivity contribution in [3.8, 4) is 5.88 Å². The first-order chi connectivity index (χ1) is 16.9. The average Bonchev–Trinajstić information content (AvgIpc) is 2.81. The second-order valence-corrected chi connectivity index (χ2v) is 15.0. The molecule has 3 saturated carbocycles. The molecule has 0 spiro atoms. The monoisotopic (exact) mass is 490 g/mol. The molecule has 0 radical (unpaired) electrons. The molecule has 6 rings (SSSR count). The average molecular weight is 491 g/mol. The van der Waals surface area contributed by atoms with Crippen molar-refractivity contribution in [3.63, 3.8) is 0 Å². The van der Waals surface area contributed by atoms with Gasteiger partial charge in [0.25, 0.3) is 0 Å². The predicted molar refractivity (Wildman–Crippen MR) is 147 cm³/mol. The molecule has 9 atom stereocenters. The highest BCUT2D eigenvalue weighted by molar-refractivity contribution is 5.42. The van der Waals surface area contributed by atoms with Crippen molar-refractivity contribution >= 4 is 0 Å². The van der Waals surface area contributed by atoms with Crippen LogP contribution in [0.2, 0.25) is 0 Å². The minimum absolute atomic E-state index is 0.0283. The van der Waals surface area contributed by atoms with Crippen LogP contribution in [0.3, 0.4) is 0 Å². The van der Waals surface area contributed by atoms with Crippen LogP contribution in [-0.4, -0.2) is 17.1 Å². The van der Waals surface area contributed by atoms with Crippen molar-refractivity contribution < 1.29 is 4.74 Å². The Morgan fingerprint density at radius 3 is 2.39 bits per heavy atom. The first-order valence-electron chi connectivity index (χ1n) is 15.0. The van der Waals surface area contributed by atoms with Gasteiger partial charge in [0, 0.05) is 11.0 Å². The van der Waals surface area contributed by atoms with Gasteiger partial charge in [-0.15, -0.1) is 0 Å². The Morgan fingerprint density at radius 2 is 1.67 bits per heavy atom. The highest BCUT2D eigenvalue weighted by Gasteiger charge is 2.67. The van der Waals surface area contributed by atoms with E-state index in [0.29, 0.717) is 22.7 Å². The van der Waals surface area contributed by atoms with Crippen molar-refractivity contribution in [2.75, 3.05) is 7.11 Å². The molecule has 0 bridgehead atoms. The van der Waals surface area contributed by atoms with Crippen LogP contribution >= 0.6 is 0 Å². The second kappa shape index (κ2) is 7.82. The third-order valence-electron chi connectivity index (χ3n) is 13.4. The van der Waals surface area contributed by atoms with Crippen LogP contribution in [0, 0.1) is 58.7 Å². The summed E-state index contributed by atoms with van der Waals surface area (Å²) in [7, 11) is 1.79. The van der Waals surface area contributed by atoms with E-state index in [9.17, 15) is 0 Å². The maximum absolute atomic E-state index is 5.90. The Hall–Kier alpha value is -1.38. The summed E-state index contributed by atoms with van der Waals surface area (Å²) < 4.78 is 5.90. The van der Waals surface area contributed by atoms with E-state index in [0.717, 1.165) is 41.8 Å². The van der Waals surface area contributed by atoms with Crippen LogP contribution in [0.1, 0.15) is 110 Å². The van der Waals surface area contributed by atoms with E-state index in [1.807, 2.05) is 12.5 Å². The number of hydrogen-bond donors (Lipinski definition) is 0. The van der Waals surface area contributed by atoms with Crippen LogP contribution in [0.25, 0.3) is 0 Å². The zero-order valence-corrected chi connectivity index (χ0v) is 24.5. The zero-order chi connectivity index (χ0) is 25.8. The quantitative estimate of drug-likeness (QED) is 0.373. The molecular weight excluding hydrogens is 440 g/mol. The normalized spacial score (nSPS) is 46.9. The van der Waals surface area contributed by atoms with Crippen LogP contribution in [0.4, 0.5) is 0 Å². The molecule has 5 aliphatic carbocycles. The fraction of sp³-hybridized carbons (Fsp3) is 0.818. The molecule has 3 heteroatoms. The van der Waals surface area contributed by atoms with E-state index >= 15 is 0 Å². The summed E-state index contributed by atoms with van der Waals surface area (Å²) >= 11 is 0. The number of aryl methyl sites for hydroxylation is 1. The first kappa shape index (κ1) is 24.9. The van der Waals surface area contributed by atoms with Gasteiger partial charge in [-0.3, -0.25) is 0 Å². The summed E-state index contributed by atoms with van der Waals surface area (Å²) in [6.07, 6.45) is 13.5. The van der Waals surface area contributed by atoms with Gasteiger partial charge < -0.3 is 4.74 Å². The molecular formula is C33H50N2O. The van der Waals surface area contributed by atoms with E-state index in [-0.39, 0.29) is 10.8 Å². The third-order valence-corrected chi connectivity index (χ3v) is 13.4. The van der Waals surface area contributed by atoms with E-state index in [1.165, 1.54) is 56.2 Å². The summed E-state index contributed by atoms with van der Waals surface area (Å²) in [5.41, 5.74) is 5.35. The van der Waals surface area contributed by atoms with Crippen molar-refractivity contribution in [3.05, 3.63) is 28.7 Å². The van der Waals surface area contributed by atoms with Crippen molar-refractivity contribution in [2.45, 2.75) is 112 Å². The van der Waals surface area contributed by atoms with E-state index in [1.54, 1.807) is 7.11 Å². The van der Waals surface area contributed by atoms with Gasteiger partial charge in [0.1, 0.15) is 5.82 Å². The van der Waals surface area contributed by atoms with Gasteiger partial charge in [0.15, 0.2) is 0 Å². The van der Waals surface area contributed by atoms with E-state index < -0.39 is 0 Å². The predicted octanol–water partition coefficient (Wildman–Crippen LogP) is 8.09. The molecule has 1 aromatic rings.